The van der Waals surface area contributed by atoms with Crippen molar-refractivity contribution in [2.24, 2.45) is 23.7 Å². The Hall–Kier alpha value is -1.35. The number of carbonyl (C=O) groups is 2. The van der Waals surface area contributed by atoms with Gasteiger partial charge < -0.3 is 0 Å². The van der Waals surface area contributed by atoms with Crippen LogP contribution in [0.15, 0.2) is 24.3 Å². The summed E-state index contributed by atoms with van der Waals surface area (Å²) in [4.78, 5) is 26.5. The minimum absolute atomic E-state index is 0.00419. The fourth-order valence-electron chi connectivity index (χ4n) is 4.25. The largest absolute Gasteiger partial charge is 0.274 e. The molecule has 4 rings (SSSR count). The Balaban J connectivity index is 1.73. The van der Waals surface area contributed by atoms with E-state index in [1.165, 1.54) is 4.90 Å². The highest BCUT2D eigenvalue weighted by atomic mass is 35.5. The predicted molar refractivity (Wildman–Crippen MR) is 71.8 cm³/mol. The van der Waals surface area contributed by atoms with Gasteiger partial charge in [0.05, 0.1) is 17.5 Å². The van der Waals surface area contributed by atoms with Crippen LogP contribution >= 0.6 is 11.6 Å². The first-order valence-electron chi connectivity index (χ1n) is 6.80. The van der Waals surface area contributed by atoms with Crippen LogP contribution in [0.1, 0.15) is 19.3 Å². The van der Waals surface area contributed by atoms with Crippen molar-refractivity contribution in [2.45, 2.75) is 19.3 Å². The Bertz CT molecular complexity index is 540. The number of benzene rings is 1. The van der Waals surface area contributed by atoms with Gasteiger partial charge in [0.1, 0.15) is 0 Å². The zero-order valence-electron chi connectivity index (χ0n) is 10.4. The maximum atomic E-state index is 12.5. The van der Waals surface area contributed by atoms with E-state index in [-0.39, 0.29) is 23.7 Å². The lowest BCUT2D eigenvalue weighted by molar-refractivity contribution is -0.123. The Morgan fingerprint density at radius 1 is 0.947 bits per heavy atom. The van der Waals surface area contributed by atoms with Crippen molar-refractivity contribution >= 4 is 29.1 Å². The van der Waals surface area contributed by atoms with E-state index in [0.717, 1.165) is 19.3 Å². The Kier molecular flexibility index (Phi) is 2.31. The molecular weight excluding hydrogens is 262 g/mol. The van der Waals surface area contributed by atoms with Crippen LogP contribution in [0.5, 0.6) is 0 Å². The van der Waals surface area contributed by atoms with Crippen LogP contribution in [0.2, 0.25) is 5.02 Å². The highest BCUT2D eigenvalue weighted by Gasteiger charge is 2.61. The lowest BCUT2D eigenvalue weighted by Crippen LogP contribution is -2.32. The van der Waals surface area contributed by atoms with Gasteiger partial charge in [-0.25, -0.2) is 0 Å². The molecule has 1 heterocycles. The van der Waals surface area contributed by atoms with Gasteiger partial charge in [0.2, 0.25) is 11.8 Å². The number of anilines is 1. The van der Waals surface area contributed by atoms with Crippen molar-refractivity contribution in [1.29, 1.82) is 0 Å². The fourth-order valence-corrected chi connectivity index (χ4v) is 4.38. The van der Waals surface area contributed by atoms with Crippen molar-refractivity contribution in [1.82, 2.24) is 0 Å². The number of hydrogen-bond donors (Lipinski definition) is 0. The van der Waals surface area contributed by atoms with Crippen LogP contribution in [0, 0.1) is 23.7 Å². The molecule has 1 aromatic carbocycles. The summed E-state index contributed by atoms with van der Waals surface area (Å²) in [5.74, 6) is 0.769. The average Bonchev–Trinajstić information content (AvgIpc) is 3.06. The molecule has 1 aromatic rings. The summed E-state index contributed by atoms with van der Waals surface area (Å²) in [5, 5.41) is 0.614. The Labute approximate surface area is 116 Å². The second-order valence-corrected chi connectivity index (χ2v) is 6.31. The smallest absolute Gasteiger partial charge is 0.237 e. The summed E-state index contributed by atoms with van der Waals surface area (Å²) in [5.41, 5.74) is 0.660. The molecule has 0 unspecified atom stereocenters. The predicted octanol–water partition coefficient (Wildman–Crippen LogP) is 2.88. The van der Waals surface area contributed by atoms with Gasteiger partial charge in [-0.15, -0.1) is 0 Å². The summed E-state index contributed by atoms with van der Waals surface area (Å²) >= 11 is 5.85. The molecule has 2 saturated carbocycles. The first-order valence-corrected chi connectivity index (χ1v) is 7.18. The number of nitrogens with zero attached hydrogens (tertiary/aromatic N) is 1. The lowest BCUT2D eigenvalue weighted by atomic mass is 9.81. The fraction of sp³-hybridized carbons (Fsp3) is 0.467. The van der Waals surface area contributed by atoms with Crippen molar-refractivity contribution < 1.29 is 9.59 Å². The number of imide groups is 1. The molecule has 0 spiro atoms. The quantitative estimate of drug-likeness (QED) is 0.739. The molecule has 4 atom stereocenters. The number of fused-ring (bicyclic) bond motifs is 5. The number of halogens is 1. The van der Waals surface area contributed by atoms with E-state index < -0.39 is 0 Å². The maximum Gasteiger partial charge on any atom is 0.237 e. The van der Waals surface area contributed by atoms with E-state index in [1.807, 2.05) is 0 Å². The summed E-state index contributed by atoms with van der Waals surface area (Å²) in [7, 11) is 0. The Morgan fingerprint density at radius 2 is 1.47 bits per heavy atom. The summed E-state index contributed by atoms with van der Waals surface area (Å²) < 4.78 is 0. The molecule has 19 heavy (non-hydrogen) atoms. The van der Waals surface area contributed by atoms with Crippen LogP contribution in [0.4, 0.5) is 5.69 Å². The van der Waals surface area contributed by atoms with E-state index in [0.29, 0.717) is 22.5 Å². The van der Waals surface area contributed by atoms with Gasteiger partial charge >= 0.3 is 0 Å². The third-order valence-corrected chi connectivity index (χ3v) is 5.26. The van der Waals surface area contributed by atoms with Crippen molar-refractivity contribution in [3.8, 4) is 0 Å². The van der Waals surface area contributed by atoms with Crippen LogP contribution in [-0.4, -0.2) is 11.8 Å². The third kappa shape index (κ3) is 1.45. The molecule has 3 aliphatic rings. The monoisotopic (exact) mass is 275 g/mol. The van der Waals surface area contributed by atoms with Gasteiger partial charge in [-0.05, 0) is 55.4 Å². The maximum absolute atomic E-state index is 12.5. The zero-order chi connectivity index (χ0) is 13.1. The molecule has 0 radical (unpaired) electrons. The molecule has 2 amide bonds. The SMILES string of the molecule is O=C1[C@@H]2[C@@H]3CC[C@@H](C3)[C@@H]2C(=O)N1c1ccc(Cl)cc1. The van der Waals surface area contributed by atoms with E-state index in [9.17, 15) is 9.59 Å². The highest BCUT2D eigenvalue weighted by molar-refractivity contribution is 6.30. The van der Waals surface area contributed by atoms with Crippen LogP contribution < -0.4 is 4.90 Å². The molecule has 2 aliphatic carbocycles. The van der Waals surface area contributed by atoms with Gasteiger partial charge in [0.15, 0.2) is 0 Å². The van der Waals surface area contributed by atoms with Crippen molar-refractivity contribution in [3.05, 3.63) is 29.3 Å². The molecule has 3 nitrogen and oxygen atoms in total. The molecule has 1 aliphatic heterocycles. The molecule has 4 heteroatoms. The lowest BCUT2D eigenvalue weighted by Gasteiger charge is -2.19. The minimum atomic E-state index is -0.0538. The van der Waals surface area contributed by atoms with E-state index in [1.54, 1.807) is 24.3 Å². The minimum Gasteiger partial charge on any atom is -0.274 e. The first kappa shape index (κ1) is 11.5. The summed E-state index contributed by atoms with van der Waals surface area (Å²) in [6, 6.07) is 6.95. The molecular formula is C15H14ClNO2. The van der Waals surface area contributed by atoms with Crippen molar-refractivity contribution in [3.63, 3.8) is 0 Å². The van der Waals surface area contributed by atoms with Gasteiger partial charge in [-0.2, -0.15) is 0 Å². The summed E-state index contributed by atoms with van der Waals surface area (Å²) in [6.45, 7) is 0. The normalized spacial score (nSPS) is 36.2. The molecule has 2 bridgehead atoms. The van der Waals surface area contributed by atoms with Crippen molar-refractivity contribution in [2.75, 3.05) is 4.90 Å². The topological polar surface area (TPSA) is 37.4 Å². The van der Waals surface area contributed by atoms with Crippen LogP contribution in [0.3, 0.4) is 0 Å². The number of rotatable bonds is 1. The van der Waals surface area contributed by atoms with E-state index >= 15 is 0 Å². The van der Waals surface area contributed by atoms with Gasteiger partial charge in [0.25, 0.3) is 0 Å². The molecule has 3 fully saturated rings. The third-order valence-electron chi connectivity index (χ3n) is 5.01. The van der Waals surface area contributed by atoms with Gasteiger partial charge in [0, 0.05) is 5.02 Å². The average molecular weight is 276 g/mol. The zero-order valence-corrected chi connectivity index (χ0v) is 11.1. The second-order valence-electron chi connectivity index (χ2n) is 5.87. The number of carbonyl (C=O) groups excluding carboxylic acids is 2. The highest BCUT2D eigenvalue weighted by Crippen LogP contribution is 2.56. The molecule has 1 saturated heterocycles. The van der Waals surface area contributed by atoms with E-state index in [2.05, 4.69) is 0 Å². The summed E-state index contributed by atoms with van der Waals surface area (Å²) in [6.07, 6.45) is 3.29. The standard InChI is InChI=1S/C15H14ClNO2/c16-10-3-5-11(6-4-10)17-14(18)12-8-1-2-9(7-8)13(12)15(17)19/h3-6,8-9,12-13H,1-2,7H2/t8-,9+,12-,13+. The molecule has 0 aromatic heterocycles. The van der Waals surface area contributed by atoms with Crippen LogP contribution in [-0.2, 0) is 9.59 Å². The number of amides is 2. The first-order chi connectivity index (χ1) is 9.16. The van der Waals surface area contributed by atoms with Crippen LogP contribution in [0.25, 0.3) is 0 Å². The van der Waals surface area contributed by atoms with Gasteiger partial charge in [-0.3, -0.25) is 14.5 Å². The van der Waals surface area contributed by atoms with E-state index in [4.69, 9.17) is 11.6 Å². The number of hydrogen-bond acceptors (Lipinski definition) is 2. The Morgan fingerprint density at radius 3 is 2.00 bits per heavy atom. The second kappa shape index (κ2) is 3.83. The molecule has 0 N–H and O–H groups in total. The van der Waals surface area contributed by atoms with Gasteiger partial charge in [-0.1, -0.05) is 11.6 Å². The molecule has 98 valence electrons.